The van der Waals surface area contributed by atoms with Crippen molar-refractivity contribution in [2.24, 2.45) is 5.92 Å². The van der Waals surface area contributed by atoms with Crippen molar-refractivity contribution in [3.05, 3.63) is 42.0 Å². The number of fused-ring (bicyclic) bond motifs is 1. The number of anilines is 1. The van der Waals surface area contributed by atoms with Gasteiger partial charge in [0, 0.05) is 18.3 Å². The maximum Gasteiger partial charge on any atom is 0.229 e. The number of piperidine rings is 1. The van der Waals surface area contributed by atoms with Crippen molar-refractivity contribution in [3.63, 3.8) is 0 Å². The SMILES string of the molecule is O=C(C1CCN(c2ncc(F)cn2)C[C@@H]1F)N1CCOc2c(F)cncc2C1. The topological polar surface area (TPSA) is 71.5 Å². The number of aromatic nitrogens is 3. The third kappa shape index (κ3) is 3.58. The van der Waals surface area contributed by atoms with Gasteiger partial charge in [-0.3, -0.25) is 9.78 Å². The van der Waals surface area contributed by atoms with Crippen LogP contribution in [0.25, 0.3) is 0 Å². The third-order valence-corrected chi connectivity index (χ3v) is 4.96. The highest BCUT2D eigenvalue weighted by Crippen LogP contribution is 2.29. The Morgan fingerprint density at radius 3 is 2.68 bits per heavy atom. The first-order chi connectivity index (χ1) is 13.5. The zero-order valence-corrected chi connectivity index (χ0v) is 14.9. The van der Waals surface area contributed by atoms with E-state index in [1.54, 1.807) is 4.90 Å². The first-order valence-corrected chi connectivity index (χ1v) is 8.93. The lowest BCUT2D eigenvalue weighted by Gasteiger charge is -2.36. The molecule has 4 rings (SSSR count). The van der Waals surface area contributed by atoms with E-state index in [9.17, 15) is 18.0 Å². The summed E-state index contributed by atoms with van der Waals surface area (Å²) in [6, 6.07) is 0. The molecule has 2 atom stereocenters. The summed E-state index contributed by atoms with van der Waals surface area (Å²) in [5, 5.41) is 0. The van der Waals surface area contributed by atoms with Gasteiger partial charge < -0.3 is 14.5 Å². The Morgan fingerprint density at radius 2 is 1.93 bits per heavy atom. The van der Waals surface area contributed by atoms with Gasteiger partial charge in [-0.05, 0) is 6.42 Å². The smallest absolute Gasteiger partial charge is 0.229 e. The number of carbonyl (C=O) groups excluding carboxylic acids is 1. The van der Waals surface area contributed by atoms with Crippen molar-refractivity contribution >= 4 is 11.9 Å². The van der Waals surface area contributed by atoms with Crippen LogP contribution in [-0.4, -0.2) is 58.2 Å². The first kappa shape index (κ1) is 18.5. The van der Waals surface area contributed by atoms with Crippen LogP contribution in [0, 0.1) is 17.6 Å². The summed E-state index contributed by atoms with van der Waals surface area (Å²) in [6.07, 6.45) is 3.39. The number of pyridine rings is 1. The molecule has 0 bridgehead atoms. The molecule has 1 fully saturated rings. The van der Waals surface area contributed by atoms with E-state index in [1.807, 2.05) is 0 Å². The molecule has 1 unspecified atom stereocenters. The van der Waals surface area contributed by atoms with Crippen molar-refractivity contribution in [3.8, 4) is 5.75 Å². The molecule has 1 amide bonds. The fourth-order valence-corrected chi connectivity index (χ4v) is 3.54. The lowest BCUT2D eigenvalue weighted by Crippen LogP contribution is -2.49. The minimum absolute atomic E-state index is 0.0564. The summed E-state index contributed by atoms with van der Waals surface area (Å²) in [7, 11) is 0. The molecule has 1 saturated heterocycles. The Morgan fingerprint density at radius 1 is 1.14 bits per heavy atom. The zero-order chi connectivity index (χ0) is 19.7. The first-order valence-electron chi connectivity index (χ1n) is 8.93. The van der Waals surface area contributed by atoms with Gasteiger partial charge in [-0.15, -0.1) is 0 Å². The number of halogens is 3. The van der Waals surface area contributed by atoms with Gasteiger partial charge in [-0.25, -0.2) is 23.1 Å². The molecule has 0 N–H and O–H groups in total. The Bertz CT molecular complexity index is 867. The maximum atomic E-state index is 14.8. The van der Waals surface area contributed by atoms with E-state index in [0.717, 1.165) is 18.6 Å². The molecule has 148 valence electrons. The van der Waals surface area contributed by atoms with Crippen LogP contribution in [-0.2, 0) is 11.3 Å². The Labute approximate surface area is 159 Å². The van der Waals surface area contributed by atoms with Crippen LogP contribution in [0.4, 0.5) is 19.1 Å². The zero-order valence-electron chi connectivity index (χ0n) is 14.9. The molecular formula is C18H18F3N5O2. The molecule has 0 spiro atoms. The van der Waals surface area contributed by atoms with Crippen LogP contribution in [0.2, 0.25) is 0 Å². The van der Waals surface area contributed by atoms with Crippen LogP contribution in [0.5, 0.6) is 5.75 Å². The van der Waals surface area contributed by atoms with Gasteiger partial charge in [-0.1, -0.05) is 0 Å². The Hall–Kier alpha value is -2.91. The van der Waals surface area contributed by atoms with Crippen LogP contribution < -0.4 is 9.64 Å². The second-order valence-corrected chi connectivity index (χ2v) is 6.78. The molecule has 2 aromatic heterocycles. The van der Waals surface area contributed by atoms with Gasteiger partial charge >= 0.3 is 0 Å². The highest BCUT2D eigenvalue weighted by Gasteiger charge is 2.38. The van der Waals surface area contributed by atoms with Crippen molar-refractivity contribution in [1.29, 1.82) is 0 Å². The number of rotatable bonds is 2. The summed E-state index contributed by atoms with van der Waals surface area (Å²) >= 11 is 0. The predicted octanol–water partition coefficient (Wildman–Crippen LogP) is 1.74. The number of hydrogen-bond donors (Lipinski definition) is 0. The summed E-state index contributed by atoms with van der Waals surface area (Å²) in [6.45, 7) is 0.797. The minimum atomic E-state index is -1.43. The minimum Gasteiger partial charge on any atom is -0.488 e. The molecule has 2 aromatic rings. The number of hydrogen-bond acceptors (Lipinski definition) is 6. The van der Waals surface area contributed by atoms with Crippen LogP contribution in [0.15, 0.2) is 24.8 Å². The van der Waals surface area contributed by atoms with Crippen LogP contribution in [0.3, 0.4) is 0 Å². The predicted molar refractivity (Wildman–Crippen MR) is 92.3 cm³/mol. The molecule has 7 nitrogen and oxygen atoms in total. The van der Waals surface area contributed by atoms with Crippen molar-refractivity contribution in [2.45, 2.75) is 19.1 Å². The van der Waals surface area contributed by atoms with E-state index in [2.05, 4.69) is 15.0 Å². The number of amides is 1. The highest BCUT2D eigenvalue weighted by molar-refractivity contribution is 5.80. The average Bonchev–Trinajstić information content (AvgIpc) is 2.91. The molecule has 0 saturated carbocycles. The van der Waals surface area contributed by atoms with Gasteiger partial charge in [0.25, 0.3) is 0 Å². The van der Waals surface area contributed by atoms with Crippen molar-refractivity contribution in [1.82, 2.24) is 19.9 Å². The molecule has 0 radical (unpaired) electrons. The van der Waals surface area contributed by atoms with E-state index in [-0.39, 0.29) is 50.3 Å². The molecule has 2 aliphatic rings. The molecule has 10 heteroatoms. The normalized spacial score (nSPS) is 22.2. The van der Waals surface area contributed by atoms with Crippen molar-refractivity contribution < 1.29 is 22.7 Å². The average molecular weight is 393 g/mol. The largest absolute Gasteiger partial charge is 0.488 e. The van der Waals surface area contributed by atoms with Gasteiger partial charge in [0.1, 0.15) is 12.8 Å². The fraction of sp³-hybridized carbons (Fsp3) is 0.444. The Balaban J connectivity index is 1.44. The molecule has 28 heavy (non-hydrogen) atoms. The number of nitrogens with zero attached hydrogens (tertiary/aromatic N) is 5. The summed E-state index contributed by atoms with van der Waals surface area (Å²) in [5.74, 6) is -1.99. The van der Waals surface area contributed by atoms with E-state index < -0.39 is 23.7 Å². The number of carbonyl (C=O) groups is 1. The lowest BCUT2D eigenvalue weighted by atomic mass is 9.93. The third-order valence-electron chi connectivity index (χ3n) is 4.96. The molecule has 2 aliphatic heterocycles. The van der Waals surface area contributed by atoms with Crippen molar-refractivity contribution in [2.75, 3.05) is 31.1 Å². The van der Waals surface area contributed by atoms with E-state index >= 15 is 0 Å². The number of ether oxygens (including phenoxy) is 1. The van der Waals surface area contributed by atoms with E-state index in [0.29, 0.717) is 12.1 Å². The molecule has 0 aliphatic carbocycles. The Kier molecular flexibility index (Phi) is 5.01. The molecule has 0 aromatic carbocycles. The van der Waals surface area contributed by atoms with E-state index in [4.69, 9.17) is 4.74 Å². The standard InChI is InChI=1S/C18H18F3N5O2/c19-12-6-23-18(24-7-12)26-2-1-13(15(21)10-26)17(27)25-3-4-28-16-11(9-25)5-22-8-14(16)20/h5-8,13,15H,1-4,9-10H2/t13?,15-/m0/s1. The summed E-state index contributed by atoms with van der Waals surface area (Å²) in [4.78, 5) is 27.5. The molecular weight excluding hydrogens is 375 g/mol. The van der Waals surface area contributed by atoms with Gasteiger partial charge in [0.15, 0.2) is 17.4 Å². The maximum absolute atomic E-state index is 14.8. The van der Waals surface area contributed by atoms with Crippen LogP contribution >= 0.6 is 0 Å². The quantitative estimate of drug-likeness (QED) is 0.774. The van der Waals surface area contributed by atoms with Gasteiger partial charge in [0.05, 0.1) is 44.1 Å². The second kappa shape index (κ2) is 7.61. The lowest BCUT2D eigenvalue weighted by molar-refractivity contribution is -0.139. The highest BCUT2D eigenvalue weighted by atomic mass is 19.1. The van der Waals surface area contributed by atoms with Crippen LogP contribution in [0.1, 0.15) is 12.0 Å². The fourth-order valence-electron chi connectivity index (χ4n) is 3.54. The second-order valence-electron chi connectivity index (χ2n) is 6.78. The monoisotopic (exact) mass is 393 g/mol. The summed E-state index contributed by atoms with van der Waals surface area (Å²) in [5.41, 5.74) is 0.457. The number of alkyl halides is 1. The van der Waals surface area contributed by atoms with Gasteiger partial charge in [-0.2, -0.15) is 0 Å². The molecule has 4 heterocycles. The van der Waals surface area contributed by atoms with Gasteiger partial charge in [0.2, 0.25) is 11.9 Å². The summed E-state index contributed by atoms with van der Waals surface area (Å²) < 4.78 is 47.0. The van der Waals surface area contributed by atoms with E-state index in [1.165, 1.54) is 11.1 Å².